The highest BCUT2D eigenvalue weighted by molar-refractivity contribution is 5.99. The van der Waals surface area contributed by atoms with E-state index in [1.165, 1.54) is 0 Å². The third-order valence-corrected chi connectivity index (χ3v) is 11.2. The van der Waals surface area contributed by atoms with Gasteiger partial charge in [0.15, 0.2) is 11.6 Å². The number of hydrogen-bond donors (Lipinski definition) is 2. The Hall–Kier alpha value is -1.54. The van der Waals surface area contributed by atoms with E-state index in [0.717, 1.165) is 12.0 Å². The molecule has 0 radical (unpaired) electrons. The molecule has 3 aliphatic heterocycles. The van der Waals surface area contributed by atoms with Gasteiger partial charge in [0, 0.05) is 24.2 Å². The van der Waals surface area contributed by atoms with Crippen molar-refractivity contribution in [2.45, 2.75) is 82.8 Å². The SMILES string of the molecule is C[C@H]1C(=O)OC(C2OC34C[C@H]5[C@@H](C[C@H](O)C6=CC=CC(=O)[C@@]65C)[C@@H]5C[C@H](O3)[C@@H]([C@@H]54)[C@@]2(C)O)[C@@H]1C. The van der Waals surface area contributed by atoms with Crippen molar-refractivity contribution < 1.29 is 34.0 Å². The average molecular weight is 471 g/mol. The highest BCUT2D eigenvalue weighted by Gasteiger charge is 2.79. The molecule has 2 N–H and O–H groups in total. The number of ether oxygens (including phenoxy) is 3. The molecule has 3 unspecified atom stereocenters. The van der Waals surface area contributed by atoms with E-state index >= 15 is 0 Å². The number of allylic oxidation sites excluding steroid dienone is 3. The minimum absolute atomic E-state index is 0.00500. The summed E-state index contributed by atoms with van der Waals surface area (Å²) in [7, 11) is 0. The maximum atomic E-state index is 13.3. The highest BCUT2D eigenvalue weighted by atomic mass is 16.7. The molecule has 3 saturated carbocycles. The Morgan fingerprint density at radius 3 is 2.53 bits per heavy atom. The molecule has 14 atom stereocenters. The van der Waals surface area contributed by atoms with Crippen molar-refractivity contribution in [3.8, 4) is 0 Å². The zero-order valence-corrected chi connectivity index (χ0v) is 20.1. The summed E-state index contributed by atoms with van der Waals surface area (Å²) in [4.78, 5) is 25.7. The molecule has 4 bridgehead atoms. The number of ketones is 1. The first-order valence-corrected chi connectivity index (χ1v) is 12.9. The normalized spacial score (nSPS) is 61.1. The molecule has 0 aromatic rings. The quantitative estimate of drug-likeness (QED) is 0.566. The predicted octanol–water partition coefficient (Wildman–Crippen LogP) is 2.15. The fourth-order valence-electron chi connectivity index (χ4n) is 9.44. The third-order valence-electron chi connectivity index (χ3n) is 11.2. The zero-order chi connectivity index (χ0) is 23.9. The van der Waals surface area contributed by atoms with Crippen LogP contribution in [-0.2, 0) is 23.8 Å². The summed E-state index contributed by atoms with van der Waals surface area (Å²) >= 11 is 0. The van der Waals surface area contributed by atoms with Gasteiger partial charge in [-0.3, -0.25) is 9.59 Å². The van der Waals surface area contributed by atoms with Crippen LogP contribution in [0, 0.1) is 46.8 Å². The second-order valence-electron chi connectivity index (χ2n) is 12.5. The lowest BCUT2D eigenvalue weighted by molar-refractivity contribution is -0.363. The van der Waals surface area contributed by atoms with E-state index in [0.29, 0.717) is 12.8 Å². The Morgan fingerprint density at radius 1 is 1.06 bits per heavy atom. The number of aliphatic hydroxyl groups is 2. The van der Waals surface area contributed by atoms with Crippen LogP contribution in [0.25, 0.3) is 0 Å². The van der Waals surface area contributed by atoms with Crippen LogP contribution in [-0.4, -0.2) is 57.8 Å². The number of carbonyl (C=O) groups is 2. The van der Waals surface area contributed by atoms with Crippen LogP contribution >= 0.6 is 0 Å². The molecule has 34 heavy (non-hydrogen) atoms. The van der Waals surface area contributed by atoms with Gasteiger partial charge in [-0.25, -0.2) is 0 Å². The molecule has 7 aliphatic rings. The van der Waals surface area contributed by atoms with Gasteiger partial charge in [-0.2, -0.15) is 0 Å². The van der Waals surface area contributed by atoms with E-state index in [4.69, 9.17) is 14.2 Å². The molecule has 3 saturated heterocycles. The maximum absolute atomic E-state index is 13.3. The van der Waals surface area contributed by atoms with Crippen molar-refractivity contribution in [1.82, 2.24) is 0 Å². The van der Waals surface area contributed by atoms with E-state index in [9.17, 15) is 19.8 Å². The van der Waals surface area contributed by atoms with Gasteiger partial charge in [0.2, 0.25) is 0 Å². The van der Waals surface area contributed by atoms with Gasteiger partial charge >= 0.3 is 5.97 Å². The lowest BCUT2D eigenvalue weighted by Crippen LogP contribution is -2.69. The first-order chi connectivity index (χ1) is 16.0. The Balaban J connectivity index is 1.31. The summed E-state index contributed by atoms with van der Waals surface area (Å²) in [6, 6.07) is 0. The van der Waals surface area contributed by atoms with Crippen molar-refractivity contribution in [3.05, 3.63) is 23.8 Å². The van der Waals surface area contributed by atoms with Crippen molar-refractivity contribution in [1.29, 1.82) is 0 Å². The summed E-state index contributed by atoms with van der Waals surface area (Å²) in [6.45, 7) is 7.64. The van der Waals surface area contributed by atoms with Crippen molar-refractivity contribution in [2.24, 2.45) is 46.8 Å². The van der Waals surface area contributed by atoms with Gasteiger partial charge in [-0.1, -0.05) is 26.0 Å². The lowest BCUT2D eigenvalue weighted by Gasteiger charge is -2.62. The summed E-state index contributed by atoms with van der Waals surface area (Å²) in [6.07, 6.45) is 5.26. The summed E-state index contributed by atoms with van der Waals surface area (Å²) in [5.41, 5.74) is -1.19. The van der Waals surface area contributed by atoms with E-state index in [-0.39, 0.29) is 59.3 Å². The summed E-state index contributed by atoms with van der Waals surface area (Å²) in [5.74, 6) is -1.20. The van der Waals surface area contributed by atoms with Gasteiger partial charge in [-0.15, -0.1) is 0 Å². The molecular formula is C27H34O7. The van der Waals surface area contributed by atoms with Gasteiger partial charge in [0.05, 0.1) is 29.1 Å². The van der Waals surface area contributed by atoms with Crippen molar-refractivity contribution >= 4 is 11.8 Å². The number of carbonyl (C=O) groups excluding carboxylic acids is 2. The molecule has 184 valence electrons. The number of hydrogen-bond acceptors (Lipinski definition) is 7. The number of aliphatic hydroxyl groups excluding tert-OH is 1. The van der Waals surface area contributed by atoms with Crippen molar-refractivity contribution in [3.63, 3.8) is 0 Å². The fourth-order valence-corrected chi connectivity index (χ4v) is 9.44. The highest BCUT2D eigenvalue weighted by Crippen LogP contribution is 2.72. The van der Waals surface area contributed by atoms with Crippen LogP contribution in [0.3, 0.4) is 0 Å². The van der Waals surface area contributed by atoms with E-state index < -0.39 is 35.1 Å². The van der Waals surface area contributed by atoms with Gasteiger partial charge < -0.3 is 24.4 Å². The van der Waals surface area contributed by atoms with E-state index in [1.54, 1.807) is 12.2 Å². The van der Waals surface area contributed by atoms with E-state index in [2.05, 4.69) is 0 Å². The Bertz CT molecular complexity index is 1050. The molecule has 7 heteroatoms. The number of rotatable bonds is 1. The van der Waals surface area contributed by atoms with Crippen LogP contribution in [0.2, 0.25) is 0 Å². The molecule has 4 aliphatic carbocycles. The summed E-state index contributed by atoms with van der Waals surface area (Å²) in [5, 5.41) is 23.0. The smallest absolute Gasteiger partial charge is 0.309 e. The molecule has 0 aromatic heterocycles. The lowest BCUT2D eigenvalue weighted by atomic mass is 9.47. The Kier molecular flexibility index (Phi) is 4.10. The first-order valence-electron chi connectivity index (χ1n) is 12.9. The van der Waals surface area contributed by atoms with Crippen LogP contribution < -0.4 is 0 Å². The second kappa shape index (κ2) is 6.41. The minimum atomic E-state index is -1.20. The van der Waals surface area contributed by atoms with Crippen LogP contribution in [0.5, 0.6) is 0 Å². The largest absolute Gasteiger partial charge is 0.459 e. The zero-order valence-electron chi connectivity index (χ0n) is 20.1. The van der Waals surface area contributed by atoms with Crippen molar-refractivity contribution in [2.75, 3.05) is 0 Å². The van der Waals surface area contributed by atoms with Crippen LogP contribution in [0.15, 0.2) is 23.8 Å². The minimum Gasteiger partial charge on any atom is -0.459 e. The number of esters is 1. The molecule has 0 amide bonds. The third kappa shape index (κ3) is 2.29. The number of fused-ring (bicyclic) bond motifs is 4. The standard InChI is InChI=1S/C27H34O7/c1-11-12(2)24(30)32-22(11)23-26(4,31)21-18-9-14-13-8-17(28)15-6-5-7-19(29)25(15,3)16(13)10-27(33-18,34-23)20(14)21/h5-7,11-14,16-18,20-23,28,31H,8-10H2,1-4H3/t11-,12-,13+,14+,16+,17+,18+,20-,21+,22?,23?,25+,26-,27?/m1/s1. The molecule has 0 spiro atoms. The van der Waals surface area contributed by atoms with E-state index in [1.807, 2.05) is 33.8 Å². The second-order valence-corrected chi connectivity index (χ2v) is 12.5. The molecular weight excluding hydrogens is 436 g/mol. The van der Waals surface area contributed by atoms with Gasteiger partial charge in [0.1, 0.15) is 12.2 Å². The molecule has 3 heterocycles. The average Bonchev–Trinajstić information content (AvgIpc) is 3.38. The van der Waals surface area contributed by atoms with Gasteiger partial charge in [0.25, 0.3) is 0 Å². The number of cyclic esters (lactones) is 1. The molecule has 6 fully saturated rings. The molecule has 7 rings (SSSR count). The summed E-state index contributed by atoms with van der Waals surface area (Å²) < 4.78 is 19.2. The van der Waals surface area contributed by atoms with Crippen LogP contribution in [0.4, 0.5) is 0 Å². The predicted molar refractivity (Wildman–Crippen MR) is 119 cm³/mol. The fraction of sp³-hybridized carbons (Fsp3) is 0.778. The molecule has 0 aromatic carbocycles. The Morgan fingerprint density at radius 2 is 1.82 bits per heavy atom. The van der Waals surface area contributed by atoms with Crippen LogP contribution in [0.1, 0.15) is 47.0 Å². The van der Waals surface area contributed by atoms with Gasteiger partial charge in [-0.05, 0) is 56.1 Å². The topological polar surface area (TPSA) is 102 Å². The molecule has 7 nitrogen and oxygen atoms in total. The maximum Gasteiger partial charge on any atom is 0.309 e. The Labute approximate surface area is 199 Å². The monoisotopic (exact) mass is 470 g/mol. The first kappa shape index (κ1) is 21.7.